The summed E-state index contributed by atoms with van der Waals surface area (Å²) in [6, 6.07) is 31.0. The summed E-state index contributed by atoms with van der Waals surface area (Å²) in [5, 5.41) is 26.9. The summed E-state index contributed by atoms with van der Waals surface area (Å²) in [5.41, 5.74) is 3.27. The number of hydrogen-bond acceptors (Lipinski definition) is 4. The first kappa shape index (κ1) is 17.7. The predicted molar refractivity (Wildman–Crippen MR) is 130 cm³/mol. The minimum atomic E-state index is 0.0357. The quantitative estimate of drug-likeness (QED) is 0.273. The Morgan fingerprint density at radius 1 is 0.606 bits per heavy atom. The highest BCUT2D eigenvalue weighted by molar-refractivity contribution is 6.34. The Labute approximate surface area is 187 Å². The van der Waals surface area contributed by atoms with Gasteiger partial charge in [-0.25, -0.2) is 9.97 Å². The second-order valence-corrected chi connectivity index (χ2v) is 8.08. The van der Waals surface area contributed by atoms with Crippen LogP contribution >= 0.6 is 0 Å². The van der Waals surface area contributed by atoms with Gasteiger partial charge in [0.25, 0.3) is 0 Å². The fraction of sp³-hybridized carbons (Fsp3) is 0. The molecule has 0 aliphatic heterocycles. The number of aromatic nitrogens is 3. The van der Waals surface area contributed by atoms with Crippen LogP contribution in [0.15, 0.2) is 78.9 Å². The Morgan fingerprint density at radius 3 is 1.88 bits per heavy atom. The van der Waals surface area contributed by atoms with Crippen molar-refractivity contribution in [2.24, 2.45) is 0 Å². The number of nitrogens with zero attached hydrogens (tertiary/aromatic N) is 5. The number of benzene rings is 4. The third-order valence-corrected chi connectivity index (χ3v) is 6.44. The fourth-order valence-electron chi connectivity index (χ4n) is 5.13. The van der Waals surface area contributed by atoms with Crippen molar-refractivity contribution in [1.29, 1.82) is 10.5 Å². The van der Waals surface area contributed by atoms with E-state index in [1.54, 1.807) is 0 Å². The first-order valence-corrected chi connectivity index (χ1v) is 10.6. The molecule has 0 radical (unpaired) electrons. The lowest BCUT2D eigenvalue weighted by Crippen LogP contribution is -2.02. The van der Waals surface area contributed by atoms with E-state index in [2.05, 4.69) is 57.9 Å². The smallest absolute Gasteiger partial charge is 0.179 e. The van der Waals surface area contributed by atoms with Crippen LogP contribution in [-0.4, -0.2) is 14.4 Å². The average Bonchev–Trinajstić information content (AvgIpc) is 3.27. The number of nitriles is 2. The standard InChI is InChI=1S/C28H13N5/c29-14-21-22(15-30)32-28-27(31-21)26-20-11-5-3-9-18(20)17-8-2-4-10-19(17)25(26)24-13-16-7-1-6-12-23(16)33(24)28/h1-13H. The first-order valence-electron chi connectivity index (χ1n) is 10.6. The predicted octanol–water partition coefficient (Wildman–Crippen LogP) is 6.24. The molecular weight excluding hydrogens is 406 g/mol. The van der Waals surface area contributed by atoms with Crippen molar-refractivity contribution in [2.45, 2.75) is 0 Å². The molecule has 0 saturated heterocycles. The normalized spacial score (nSPS) is 11.6. The van der Waals surface area contributed by atoms with E-state index in [9.17, 15) is 10.5 Å². The topological polar surface area (TPSA) is 77.8 Å². The minimum absolute atomic E-state index is 0.0357. The molecule has 0 fully saturated rings. The first-order chi connectivity index (χ1) is 16.3. The van der Waals surface area contributed by atoms with Crippen LogP contribution in [0.5, 0.6) is 0 Å². The van der Waals surface area contributed by atoms with Crippen molar-refractivity contribution in [3.05, 3.63) is 90.3 Å². The van der Waals surface area contributed by atoms with Gasteiger partial charge in [0.1, 0.15) is 17.7 Å². The maximum absolute atomic E-state index is 9.70. The van der Waals surface area contributed by atoms with Crippen LogP contribution in [0.1, 0.15) is 11.4 Å². The van der Waals surface area contributed by atoms with Crippen LogP contribution in [0.2, 0.25) is 0 Å². The lowest BCUT2D eigenvalue weighted by Gasteiger charge is -2.15. The van der Waals surface area contributed by atoms with Gasteiger partial charge in [0.05, 0.1) is 11.0 Å². The van der Waals surface area contributed by atoms with Gasteiger partial charge in [-0.1, -0.05) is 66.7 Å². The SMILES string of the molecule is N#Cc1nc2c3c4ccccc4c4ccccc4c3c3cc4ccccc4n3c2nc1C#N. The van der Waals surface area contributed by atoms with Gasteiger partial charge in [0.2, 0.25) is 0 Å². The zero-order valence-corrected chi connectivity index (χ0v) is 17.2. The molecule has 0 aliphatic rings. The van der Waals surface area contributed by atoms with Crippen molar-refractivity contribution in [3.63, 3.8) is 0 Å². The van der Waals surface area contributed by atoms with Crippen LogP contribution < -0.4 is 0 Å². The van der Waals surface area contributed by atoms with Gasteiger partial charge in [-0.3, -0.25) is 4.40 Å². The molecule has 4 aromatic carbocycles. The van der Waals surface area contributed by atoms with Crippen molar-refractivity contribution in [1.82, 2.24) is 14.4 Å². The summed E-state index contributed by atoms with van der Waals surface area (Å²) in [5.74, 6) is 0. The van der Waals surface area contributed by atoms with Gasteiger partial charge in [-0.05, 0) is 33.7 Å². The summed E-state index contributed by atoms with van der Waals surface area (Å²) >= 11 is 0. The van der Waals surface area contributed by atoms with Crippen LogP contribution in [-0.2, 0) is 0 Å². The second-order valence-electron chi connectivity index (χ2n) is 8.08. The van der Waals surface area contributed by atoms with Gasteiger partial charge in [-0.2, -0.15) is 10.5 Å². The molecule has 5 nitrogen and oxygen atoms in total. The fourth-order valence-corrected chi connectivity index (χ4v) is 5.13. The highest BCUT2D eigenvalue weighted by Gasteiger charge is 2.21. The maximum atomic E-state index is 9.70. The third-order valence-electron chi connectivity index (χ3n) is 6.44. The molecule has 0 spiro atoms. The van der Waals surface area contributed by atoms with E-state index in [0.29, 0.717) is 11.2 Å². The van der Waals surface area contributed by atoms with E-state index >= 15 is 0 Å². The van der Waals surface area contributed by atoms with Gasteiger partial charge >= 0.3 is 0 Å². The number of hydrogen-bond donors (Lipinski definition) is 0. The second kappa shape index (κ2) is 6.26. The van der Waals surface area contributed by atoms with E-state index in [1.165, 1.54) is 0 Å². The molecule has 3 aromatic heterocycles. The highest BCUT2D eigenvalue weighted by atomic mass is 15.0. The van der Waals surface area contributed by atoms with Crippen molar-refractivity contribution in [3.8, 4) is 12.1 Å². The van der Waals surface area contributed by atoms with Gasteiger partial charge in [0, 0.05) is 16.2 Å². The van der Waals surface area contributed by atoms with Gasteiger partial charge in [0.15, 0.2) is 17.0 Å². The molecule has 0 amide bonds. The maximum Gasteiger partial charge on any atom is 0.179 e. The highest BCUT2D eigenvalue weighted by Crippen LogP contribution is 2.42. The van der Waals surface area contributed by atoms with Gasteiger partial charge < -0.3 is 0 Å². The molecule has 0 N–H and O–H groups in total. The molecule has 0 saturated carbocycles. The third kappa shape index (κ3) is 2.18. The molecule has 0 unspecified atom stereocenters. The Hall–Kier alpha value is -5.00. The summed E-state index contributed by atoms with van der Waals surface area (Å²) in [7, 11) is 0. The zero-order chi connectivity index (χ0) is 22.1. The van der Waals surface area contributed by atoms with E-state index in [4.69, 9.17) is 4.98 Å². The summed E-state index contributed by atoms with van der Waals surface area (Å²) < 4.78 is 2.07. The summed E-state index contributed by atoms with van der Waals surface area (Å²) in [6.07, 6.45) is 0. The van der Waals surface area contributed by atoms with Gasteiger partial charge in [-0.15, -0.1) is 0 Å². The largest absolute Gasteiger partial charge is 0.292 e. The molecule has 7 rings (SSSR count). The Balaban J connectivity index is 1.96. The van der Waals surface area contributed by atoms with Crippen molar-refractivity contribution in [2.75, 3.05) is 0 Å². The van der Waals surface area contributed by atoms with Crippen LogP contribution in [0, 0.1) is 22.7 Å². The Kier molecular flexibility index (Phi) is 3.35. The Morgan fingerprint density at radius 2 is 1.18 bits per heavy atom. The van der Waals surface area contributed by atoms with E-state index < -0.39 is 0 Å². The molecule has 150 valence electrons. The number of para-hydroxylation sites is 1. The van der Waals surface area contributed by atoms with E-state index in [1.807, 2.05) is 42.5 Å². The van der Waals surface area contributed by atoms with Crippen LogP contribution in [0.4, 0.5) is 0 Å². The monoisotopic (exact) mass is 419 g/mol. The lowest BCUT2D eigenvalue weighted by molar-refractivity contribution is 1.15. The molecule has 0 bridgehead atoms. The molecule has 33 heavy (non-hydrogen) atoms. The molecule has 3 heterocycles. The average molecular weight is 419 g/mol. The molecular formula is C28H13N5. The summed E-state index contributed by atoms with van der Waals surface area (Å²) in [4.78, 5) is 9.39. The zero-order valence-electron chi connectivity index (χ0n) is 17.2. The molecule has 0 atom stereocenters. The summed E-state index contributed by atoms with van der Waals surface area (Å²) in [6.45, 7) is 0. The lowest BCUT2D eigenvalue weighted by atomic mass is 9.93. The minimum Gasteiger partial charge on any atom is -0.292 e. The van der Waals surface area contributed by atoms with E-state index in [-0.39, 0.29) is 11.4 Å². The Bertz CT molecular complexity index is 2050. The van der Waals surface area contributed by atoms with Crippen LogP contribution in [0.3, 0.4) is 0 Å². The molecule has 7 aromatic rings. The van der Waals surface area contributed by atoms with Crippen molar-refractivity contribution >= 4 is 59.9 Å². The number of rotatable bonds is 0. The van der Waals surface area contributed by atoms with Crippen molar-refractivity contribution < 1.29 is 0 Å². The molecule has 0 aliphatic carbocycles. The number of pyridine rings is 1. The van der Waals surface area contributed by atoms with E-state index in [0.717, 1.165) is 48.7 Å². The number of fused-ring (bicyclic) bond motifs is 13. The van der Waals surface area contributed by atoms with Crippen LogP contribution in [0.25, 0.3) is 59.9 Å². The molecule has 5 heteroatoms.